The first-order chi connectivity index (χ1) is 15.7. The Morgan fingerprint density at radius 1 is 0.848 bits per heavy atom. The van der Waals surface area contributed by atoms with Gasteiger partial charge in [-0.15, -0.1) is 0 Å². The maximum Gasteiger partial charge on any atom is 0.311 e. The number of carbonyl (C=O) groups excluding carboxylic acids is 2. The van der Waals surface area contributed by atoms with E-state index in [1.165, 1.54) is 0 Å². The highest BCUT2D eigenvalue weighted by molar-refractivity contribution is 6.32. The van der Waals surface area contributed by atoms with Crippen LogP contribution in [0.2, 0.25) is 5.02 Å². The molecular weight excluding hydrogens is 438 g/mol. The number of hydrogen-bond donors (Lipinski definition) is 1. The van der Waals surface area contributed by atoms with Gasteiger partial charge in [0.15, 0.2) is 0 Å². The molecular formula is C27H28ClNO4. The minimum atomic E-state index is -0.352. The van der Waals surface area contributed by atoms with Gasteiger partial charge in [-0.25, -0.2) is 0 Å². The maximum absolute atomic E-state index is 12.5. The van der Waals surface area contributed by atoms with Gasteiger partial charge in [0.05, 0.1) is 6.61 Å². The molecule has 1 amide bonds. The molecule has 172 valence electrons. The molecule has 0 bridgehead atoms. The monoisotopic (exact) mass is 465 g/mol. The third-order valence-corrected chi connectivity index (χ3v) is 5.78. The zero-order chi connectivity index (χ0) is 24.0. The SMILES string of the molecule is Cc1ccc(NC(=O)c2ccc(OC(=O)CCCOc3cc(C)c(Cl)c(C)c3)cc2)c(C)c1. The Morgan fingerprint density at radius 2 is 1.52 bits per heavy atom. The number of rotatable bonds is 8. The normalized spacial score (nSPS) is 10.6. The highest BCUT2D eigenvalue weighted by atomic mass is 35.5. The van der Waals surface area contributed by atoms with E-state index in [0.717, 1.165) is 38.7 Å². The van der Waals surface area contributed by atoms with Crippen LogP contribution >= 0.6 is 11.6 Å². The first kappa shape index (κ1) is 24.3. The van der Waals surface area contributed by atoms with Crippen LogP contribution < -0.4 is 14.8 Å². The molecule has 0 saturated heterocycles. The van der Waals surface area contributed by atoms with E-state index < -0.39 is 0 Å². The van der Waals surface area contributed by atoms with Crippen LogP contribution in [-0.4, -0.2) is 18.5 Å². The minimum absolute atomic E-state index is 0.218. The van der Waals surface area contributed by atoms with Gasteiger partial charge in [0.25, 0.3) is 5.91 Å². The van der Waals surface area contributed by atoms with Crippen LogP contribution in [0.1, 0.15) is 45.5 Å². The third-order valence-electron chi connectivity index (χ3n) is 5.18. The van der Waals surface area contributed by atoms with E-state index in [4.69, 9.17) is 21.1 Å². The first-order valence-corrected chi connectivity index (χ1v) is 11.2. The molecule has 0 saturated carbocycles. The summed E-state index contributed by atoms with van der Waals surface area (Å²) in [6, 6.07) is 16.1. The van der Waals surface area contributed by atoms with Gasteiger partial charge in [0, 0.05) is 22.7 Å². The molecule has 6 heteroatoms. The molecule has 3 aromatic carbocycles. The molecule has 0 spiro atoms. The molecule has 0 aliphatic rings. The Morgan fingerprint density at radius 3 is 2.15 bits per heavy atom. The van der Waals surface area contributed by atoms with Crippen LogP contribution in [-0.2, 0) is 4.79 Å². The molecule has 0 unspecified atom stereocenters. The molecule has 0 atom stereocenters. The maximum atomic E-state index is 12.5. The first-order valence-electron chi connectivity index (χ1n) is 10.8. The van der Waals surface area contributed by atoms with Crippen molar-refractivity contribution in [3.05, 3.63) is 87.4 Å². The number of benzene rings is 3. The third kappa shape index (κ3) is 6.83. The summed E-state index contributed by atoms with van der Waals surface area (Å²) in [5.41, 5.74) is 5.30. The molecule has 0 aliphatic carbocycles. The molecule has 0 radical (unpaired) electrons. The van der Waals surface area contributed by atoms with Crippen LogP contribution in [0.25, 0.3) is 0 Å². The Kier molecular flexibility index (Phi) is 8.12. The second-order valence-corrected chi connectivity index (χ2v) is 8.47. The lowest BCUT2D eigenvalue weighted by atomic mass is 10.1. The van der Waals surface area contributed by atoms with Crippen LogP contribution in [0.5, 0.6) is 11.5 Å². The van der Waals surface area contributed by atoms with Gasteiger partial charge in [-0.3, -0.25) is 9.59 Å². The summed E-state index contributed by atoms with van der Waals surface area (Å²) in [4.78, 5) is 24.6. The molecule has 5 nitrogen and oxygen atoms in total. The van der Waals surface area contributed by atoms with Gasteiger partial charge in [-0.05, 0) is 93.3 Å². The average molecular weight is 466 g/mol. The van der Waals surface area contributed by atoms with Crippen molar-refractivity contribution in [2.24, 2.45) is 0 Å². The van der Waals surface area contributed by atoms with E-state index in [1.807, 2.05) is 58.0 Å². The summed E-state index contributed by atoms with van der Waals surface area (Å²) in [5, 5.41) is 3.64. The summed E-state index contributed by atoms with van der Waals surface area (Å²) in [6.45, 7) is 8.21. The van der Waals surface area contributed by atoms with Crippen molar-refractivity contribution in [1.82, 2.24) is 0 Å². The highest BCUT2D eigenvalue weighted by Gasteiger charge is 2.10. The topological polar surface area (TPSA) is 64.6 Å². The van der Waals surface area contributed by atoms with Crippen LogP contribution in [0.3, 0.4) is 0 Å². The number of ether oxygens (including phenoxy) is 2. The molecule has 33 heavy (non-hydrogen) atoms. The van der Waals surface area contributed by atoms with Gasteiger partial charge in [-0.2, -0.15) is 0 Å². The van der Waals surface area contributed by atoms with Crippen LogP contribution in [0.15, 0.2) is 54.6 Å². The van der Waals surface area contributed by atoms with E-state index in [0.29, 0.717) is 24.3 Å². The second kappa shape index (κ2) is 11.0. The zero-order valence-corrected chi connectivity index (χ0v) is 20.1. The molecule has 3 aromatic rings. The van der Waals surface area contributed by atoms with Crippen molar-refractivity contribution < 1.29 is 19.1 Å². The van der Waals surface area contributed by atoms with E-state index in [2.05, 4.69) is 5.32 Å². The number of esters is 1. The van der Waals surface area contributed by atoms with Crippen molar-refractivity contribution >= 4 is 29.2 Å². The van der Waals surface area contributed by atoms with E-state index in [1.54, 1.807) is 24.3 Å². The van der Waals surface area contributed by atoms with Crippen molar-refractivity contribution in [3.63, 3.8) is 0 Å². The number of anilines is 1. The average Bonchev–Trinajstić information content (AvgIpc) is 2.77. The molecule has 0 heterocycles. The number of carbonyl (C=O) groups is 2. The Balaban J connectivity index is 1.45. The standard InChI is InChI=1S/C27H28ClNO4/c1-17-7-12-24(18(2)14-17)29-27(31)21-8-10-22(11-9-21)33-25(30)6-5-13-32-23-15-19(3)26(28)20(4)16-23/h7-12,14-16H,5-6,13H2,1-4H3,(H,29,31). The van der Waals surface area contributed by atoms with Gasteiger partial charge >= 0.3 is 5.97 Å². The number of nitrogens with one attached hydrogen (secondary N) is 1. The Bertz CT molecular complexity index is 1130. The lowest BCUT2D eigenvalue weighted by Gasteiger charge is -2.10. The van der Waals surface area contributed by atoms with Crippen LogP contribution in [0, 0.1) is 27.7 Å². The smallest absolute Gasteiger partial charge is 0.311 e. The Labute approximate surface area is 199 Å². The summed E-state index contributed by atoms with van der Waals surface area (Å²) in [6.07, 6.45) is 0.746. The number of hydrogen-bond acceptors (Lipinski definition) is 4. The summed E-state index contributed by atoms with van der Waals surface area (Å²) in [5.74, 6) is 0.560. The van der Waals surface area contributed by atoms with E-state index >= 15 is 0 Å². The molecule has 0 fully saturated rings. The van der Waals surface area contributed by atoms with Crippen molar-refractivity contribution in [1.29, 1.82) is 0 Å². The lowest BCUT2D eigenvalue weighted by molar-refractivity contribution is -0.134. The number of amides is 1. The second-order valence-electron chi connectivity index (χ2n) is 8.09. The zero-order valence-electron chi connectivity index (χ0n) is 19.3. The molecule has 3 rings (SSSR count). The van der Waals surface area contributed by atoms with Gasteiger partial charge < -0.3 is 14.8 Å². The van der Waals surface area contributed by atoms with Crippen molar-refractivity contribution in [2.75, 3.05) is 11.9 Å². The van der Waals surface area contributed by atoms with Crippen molar-refractivity contribution in [3.8, 4) is 11.5 Å². The largest absolute Gasteiger partial charge is 0.494 e. The molecule has 0 aromatic heterocycles. The van der Waals surface area contributed by atoms with Crippen LogP contribution in [0.4, 0.5) is 5.69 Å². The predicted octanol–water partition coefficient (Wildman–Crippen LogP) is 6.59. The number of halogens is 1. The van der Waals surface area contributed by atoms with E-state index in [-0.39, 0.29) is 18.3 Å². The van der Waals surface area contributed by atoms with Gasteiger partial charge in [0.1, 0.15) is 11.5 Å². The lowest BCUT2D eigenvalue weighted by Crippen LogP contribution is -2.13. The number of aryl methyl sites for hydroxylation is 4. The minimum Gasteiger partial charge on any atom is -0.494 e. The molecule has 1 N–H and O–H groups in total. The summed E-state index contributed by atoms with van der Waals surface area (Å²) >= 11 is 6.17. The quantitative estimate of drug-likeness (QED) is 0.231. The predicted molar refractivity (Wildman–Crippen MR) is 132 cm³/mol. The summed E-state index contributed by atoms with van der Waals surface area (Å²) < 4.78 is 11.1. The Hall–Kier alpha value is -3.31. The summed E-state index contributed by atoms with van der Waals surface area (Å²) in [7, 11) is 0. The fourth-order valence-electron chi connectivity index (χ4n) is 3.40. The highest BCUT2D eigenvalue weighted by Crippen LogP contribution is 2.26. The fraction of sp³-hybridized carbons (Fsp3) is 0.259. The fourth-order valence-corrected chi connectivity index (χ4v) is 3.51. The van der Waals surface area contributed by atoms with E-state index in [9.17, 15) is 9.59 Å². The van der Waals surface area contributed by atoms with Gasteiger partial charge in [0.2, 0.25) is 0 Å². The van der Waals surface area contributed by atoms with Gasteiger partial charge in [-0.1, -0.05) is 29.3 Å². The van der Waals surface area contributed by atoms with Crippen molar-refractivity contribution in [2.45, 2.75) is 40.5 Å². The molecule has 0 aliphatic heterocycles.